The number of halogens is 1. The maximum absolute atomic E-state index is 6.28. The van der Waals surface area contributed by atoms with Gasteiger partial charge in [0.05, 0.1) is 39.2 Å². The predicted molar refractivity (Wildman–Crippen MR) is 413 cm³/mol. The van der Waals surface area contributed by atoms with E-state index in [1.54, 1.807) is 0 Å². The van der Waals surface area contributed by atoms with Crippen LogP contribution < -0.4 is 5.59 Å². The summed E-state index contributed by atoms with van der Waals surface area (Å²) < 4.78 is 37.3. The Balaban J connectivity index is 0.000000134. The fourth-order valence-corrected chi connectivity index (χ4v) is 14.4. The Labute approximate surface area is 579 Å². The van der Waals surface area contributed by atoms with Gasteiger partial charge in [0.15, 0.2) is 0 Å². The number of pyridine rings is 2. The van der Waals surface area contributed by atoms with Crippen LogP contribution in [0, 0.1) is 0 Å². The molecule has 0 bridgehead atoms. The molecule has 17 rings (SSSR count). The van der Waals surface area contributed by atoms with Gasteiger partial charge in [0.25, 0.3) is 0 Å². The third-order valence-corrected chi connectivity index (χ3v) is 21.8. The molecule has 0 atom stereocenters. The molecule has 3 fully saturated rings. The number of benzene rings is 12. The molecule has 0 spiro atoms. The molecule has 3 saturated heterocycles. The van der Waals surface area contributed by atoms with E-state index in [-0.39, 0.29) is 29.8 Å². The summed E-state index contributed by atoms with van der Waals surface area (Å²) in [6, 6.07) is 83.2. The van der Waals surface area contributed by atoms with Crippen molar-refractivity contribution in [3.8, 4) is 44.5 Å². The minimum Gasteiger partial charge on any atom is -0.405 e. The van der Waals surface area contributed by atoms with Gasteiger partial charge in [0.1, 0.15) is 4.60 Å². The fourth-order valence-electron chi connectivity index (χ4n) is 14.2. The number of hydrogen-bond donors (Lipinski definition) is 0. The van der Waals surface area contributed by atoms with Gasteiger partial charge < -0.3 is 27.9 Å². The lowest BCUT2D eigenvalue weighted by atomic mass is 9.49. The van der Waals surface area contributed by atoms with Gasteiger partial charge in [-0.05, 0) is 243 Å². The minimum absolute atomic E-state index is 0. The average Bonchev–Trinajstić information content (AvgIpc) is 1.68. The molecule has 5 heterocycles. The van der Waals surface area contributed by atoms with Gasteiger partial charge in [0, 0.05) is 23.5 Å². The molecule has 0 N–H and O–H groups in total. The summed E-state index contributed by atoms with van der Waals surface area (Å²) in [6.45, 7) is 24.5. The zero-order chi connectivity index (χ0) is 66.7. The second kappa shape index (κ2) is 24.8. The van der Waals surface area contributed by atoms with Crippen LogP contribution in [0.15, 0.2) is 248 Å². The van der Waals surface area contributed by atoms with Crippen molar-refractivity contribution in [3.63, 3.8) is 0 Å². The highest BCUT2D eigenvalue weighted by molar-refractivity contribution is 9.10. The molecule has 2 aromatic heterocycles. The van der Waals surface area contributed by atoms with Gasteiger partial charge in [-0.15, -0.1) is 0 Å². The molecule has 0 aliphatic carbocycles. The van der Waals surface area contributed by atoms with Gasteiger partial charge in [-0.1, -0.05) is 214 Å². The van der Waals surface area contributed by atoms with Crippen LogP contribution in [-0.2, 0) is 27.9 Å². The van der Waals surface area contributed by atoms with Gasteiger partial charge >= 0.3 is 21.1 Å². The number of aromatic nitrogens is 2. The van der Waals surface area contributed by atoms with Crippen molar-refractivity contribution >= 4 is 129 Å². The molecule has 14 aromatic rings. The van der Waals surface area contributed by atoms with E-state index >= 15 is 0 Å². The molecule has 3 aliphatic heterocycles. The molecular weight excluding hydrogens is 1260 g/mol. The monoisotopic (exact) mass is 1340 g/mol. The average molecular weight is 1340 g/mol. The molecule has 0 radical (unpaired) electrons. The summed E-state index contributed by atoms with van der Waals surface area (Å²) in [4.78, 5) is 9.43. The fraction of sp³-hybridized carbons (Fsp3) is 0.224. The highest BCUT2D eigenvalue weighted by Crippen LogP contribution is 2.50. The third kappa shape index (κ3) is 11.4. The zero-order valence-corrected chi connectivity index (χ0v) is 58.1. The molecule has 3 aliphatic rings. The van der Waals surface area contributed by atoms with Crippen molar-refractivity contribution in [2.24, 2.45) is 0 Å². The Morgan fingerprint density at radius 3 is 0.856 bits per heavy atom. The quantitative estimate of drug-likeness (QED) is 0.0705. The third-order valence-electron chi connectivity index (χ3n) is 21.3. The molecular formula is C85H80B3BrN2O6. The van der Waals surface area contributed by atoms with Crippen LogP contribution in [0.25, 0.3) is 131 Å². The summed E-state index contributed by atoms with van der Waals surface area (Å²) >= 11 is 3.49. The van der Waals surface area contributed by atoms with E-state index < -0.39 is 32.3 Å². The highest BCUT2D eigenvalue weighted by Gasteiger charge is 2.64. The molecule has 8 nitrogen and oxygen atoms in total. The van der Waals surface area contributed by atoms with E-state index in [1.165, 1.54) is 120 Å². The Hall–Kier alpha value is -8.55. The van der Waals surface area contributed by atoms with Crippen molar-refractivity contribution in [2.75, 3.05) is 0 Å². The van der Waals surface area contributed by atoms with Crippen LogP contribution in [0.5, 0.6) is 0 Å². The first-order valence-electron chi connectivity index (χ1n) is 33.3. The normalized spacial score (nSPS) is 17.2. The van der Waals surface area contributed by atoms with Crippen LogP contribution in [0.2, 0.25) is 0 Å². The maximum Gasteiger partial charge on any atom is 0.514 e. The lowest BCUT2D eigenvalue weighted by Crippen LogP contribution is -2.41. The Kier molecular flexibility index (Phi) is 16.8. The number of fused-ring (bicyclic) bond motifs is 10. The van der Waals surface area contributed by atoms with Crippen LogP contribution in [0.1, 0.15) is 90.5 Å². The molecule has 482 valence electrons. The lowest BCUT2D eigenvalue weighted by molar-refractivity contribution is 0.00578. The highest BCUT2D eigenvalue weighted by atomic mass is 79.9. The van der Waals surface area contributed by atoms with Crippen LogP contribution in [-0.4, -0.2) is 64.7 Å². The van der Waals surface area contributed by atoms with Gasteiger partial charge in [-0.2, -0.15) is 0 Å². The summed E-state index contributed by atoms with van der Waals surface area (Å²) in [5.74, 6) is 0. The van der Waals surface area contributed by atoms with Crippen LogP contribution >= 0.6 is 15.9 Å². The standard InChI is InChI=1S/C39H32BNO2.C33H20BrN.C12H24B2O4.CH4/c1-38(2)39(3,4)43-40(42-38)35-22-21-26(24-41-35)36-30-17-9-11-19-32(30)37(33-20-12-10-18-31(33)36)34-23-25-13-5-6-14-27(25)28-15-7-8-16-29(28)34;34-31-18-17-22(20-35-31)32-26-13-5-7-15-28(26)33(29-16-8-6-14-27(29)32)30-19-21-9-1-2-10-23(21)24-11-3-4-12-25(24)30;1-9(2)10(3,4)16-13(15-9)14-17-11(5,6)12(7,8)18-14;/h5-24H,1-4H3;1-20H;1-8H3;1H4. The largest absolute Gasteiger partial charge is 0.514 e. The SMILES string of the molecule is Brc1ccc(-c2c3ccccc3c(-c3cc4ccccc4c4ccccc34)c3ccccc23)cn1.C.CC1(C)OB(B2OC(C)(C)C(C)(C)O2)OC1(C)C.CC1(C)OB(c2ccc(-c3c4ccccc4c(-c4cc5ccccc5c5ccccc45)c4ccccc34)cn2)OC1(C)C. The van der Waals surface area contributed by atoms with Crippen molar-refractivity contribution in [1.29, 1.82) is 0 Å². The van der Waals surface area contributed by atoms with E-state index in [4.69, 9.17) is 32.9 Å². The molecule has 12 heteroatoms. The summed E-state index contributed by atoms with van der Waals surface area (Å²) in [5.41, 5.74) is 8.21. The van der Waals surface area contributed by atoms with E-state index in [0.29, 0.717) is 0 Å². The van der Waals surface area contributed by atoms with E-state index in [0.717, 1.165) is 21.3 Å². The predicted octanol–water partition coefficient (Wildman–Crippen LogP) is 22.0. The van der Waals surface area contributed by atoms with Crippen molar-refractivity contribution in [2.45, 2.75) is 124 Å². The maximum atomic E-state index is 6.28. The first kappa shape index (κ1) is 65.7. The van der Waals surface area contributed by atoms with Crippen LogP contribution in [0.3, 0.4) is 0 Å². The summed E-state index contributed by atoms with van der Waals surface area (Å²) in [6.07, 6.45) is 3.93. The second-order valence-corrected chi connectivity index (χ2v) is 29.6. The smallest absolute Gasteiger partial charge is 0.405 e. The number of nitrogens with zero attached hydrogens (tertiary/aromatic N) is 2. The van der Waals surface area contributed by atoms with E-state index in [9.17, 15) is 0 Å². The first-order valence-corrected chi connectivity index (χ1v) is 34.1. The first-order chi connectivity index (χ1) is 46.0. The molecule has 0 unspecified atom stereocenters. The molecule has 0 amide bonds. The van der Waals surface area contributed by atoms with Gasteiger partial charge in [0.2, 0.25) is 0 Å². The van der Waals surface area contributed by atoms with Gasteiger partial charge in [-0.25, -0.2) is 4.98 Å². The molecule has 0 saturated carbocycles. The Bertz CT molecular complexity index is 5190. The van der Waals surface area contributed by atoms with E-state index in [2.05, 4.69) is 267 Å². The minimum atomic E-state index is -0.490. The second-order valence-electron chi connectivity index (χ2n) is 28.7. The molecule has 12 aromatic carbocycles. The Morgan fingerprint density at radius 2 is 0.546 bits per heavy atom. The summed E-state index contributed by atoms with van der Waals surface area (Å²) in [7, 11) is -1.44. The topological polar surface area (TPSA) is 81.2 Å². The van der Waals surface area contributed by atoms with Crippen molar-refractivity contribution in [3.05, 3.63) is 248 Å². The Morgan fingerprint density at radius 1 is 0.278 bits per heavy atom. The van der Waals surface area contributed by atoms with Crippen LogP contribution in [0.4, 0.5) is 0 Å². The number of hydrogen-bond acceptors (Lipinski definition) is 8. The van der Waals surface area contributed by atoms with E-state index in [1.807, 2.05) is 79.9 Å². The van der Waals surface area contributed by atoms with Crippen molar-refractivity contribution < 1.29 is 27.9 Å². The number of rotatable bonds is 6. The van der Waals surface area contributed by atoms with Gasteiger partial charge in [-0.3, -0.25) is 4.98 Å². The molecule has 97 heavy (non-hydrogen) atoms. The zero-order valence-electron chi connectivity index (χ0n) is 56.5. The van der Waals surface area contributed by atoms with Crippen molar-refractivity contribution in [1.82, 2.24) is 9.97 Å². The lowest BCUT2D eigenvalue weighted by Gasteiger charge is -2.32. The summed E-state index contributed by atoms with van der Waals surface area (Å²) in [5, 5.41) is 20.0.